The smallest absolute Gasteiger partial charge is 0.216 e. The van der Waals surface area contributed by atoms with E-state index in [1.165, 1.54) is 0 Å². The molecular weight excluding hydrogens is 194 g/mol. The van der Waals surface area contributed by atoms with E-state index in [4.69, 9.17) is 0 Å². The van der Waals surface area contributed by atoms with Gasteiger partial charge in [0.25, 0.3) is 0 Å². The van der Waals surface area contributed by atoms with Gasteiger partial charge in [-0.25, -0.2) is 0 Å². The van der Waals surface area contributed by atoms with Crippen molar-refractivity contribution in [2.24, 2.45) is 11.8 Å². The molecule has 3 atom stereocenters. The van der Waals surface area contributed by atoms with Gasteiger partial charge in [0.05, 0.1) is 0 Å². The molecule has 1 rings (SSSR count). The van der Waals surface area contributed by atoms with Gasteiger partial charge in [-0.05, 0) is 25.2 Å². The maximum atomic E-state index is 10.9. The molecule has 4 nitrogen and oxygen atoms in total. The van der Waals surface area contributed by atoms with Gasteiger partial charge in [-0.1, -0.05) is 19.8 Å². The normalized spacial score (nSPS) is 28.7. The predicted octanol–water partition coefficient (Wildman–Crippen LogP) is 2.23. The standard InChI is InChI=1S/C11H21NO3/c1-2-5-9(8-13)10-6-3-4-7-11(10)12(14)15/h9-11,13H,2-8H2,1H3/t9?,10-,11-/m0/s1. The fraction of sp³-hybridized carbons (Fsp3) is 1.00. The van der Waals surface area contributed by atoms with Crippen LogP contribution in [-0.4, -0.2) is 22.7 Å². The first kappa shape index (κ1) is 12.4. The van der Waals surface area contributed by atoms with Crippen LogP contribution in [-0.2, 0) is 0 Å². The van der Waals surface area contributed by atoms with Crippen LogP contribution in [0.4, 0.5) is 0 Å². The molecule has 1 aliphatic carbocycles. The summed E-state index contributed by atoms with van der Waals surface area (Å²) in [6, 6.07) is -0.414. The van der Waals surface area contributed by atoms with Crippen molar-refractivity contribution in [2.75, 3.05) is 6.61 Å². The van der Waals surface area contributed by atoms with Gasteiger partial charge in [0.2, 0.25) is 6.04 Å². The SMILES string of the molecule is CCCC(CO)[C@@H]1CCCC[C@@H]1[N+](=O)[O-]. The molecule has 0 aromatic carbocycles. The molecule has 0 aliphatic heterocycles. The van der Waals surface area contributed by atoms with Crippen LogP contribution in [0.25, 0.3) is 0 Å². The molecule has 0 aromatic rings. The molecule has 0 radical (unpaired) electrons. The van der Waals surface area contributed by atoms with Crippen LogP contribution in [0.15, 0.2) is 0 Å². The lowest BCUT2D eigenvalue weighted by Gasteiger charge is -2.31. The lowest BCUT2D eigenvalue weighted by atomic mass is 9.75. The van der Waals surface area contributed by atoms with Crippen molar-refractivity contribution < 1.29 is 10.0 Å². The summed E-state index contributed by atoms with van der Waals surface area (Å²) >= 11 is 0. The Morgan fingerprint density at radius 2 is 2.13 bits per heavy atom. The van der Waals surface area contributed by atoms with Gasteiger partial charge in [0.1, 0.15) is 0 Å². The van der Waals surface area contributed by atoms with E-state index in [9.17, 15) is 15.2 Å². The Kier molecular flexibility index (Phi) is 5.02. The van der Waals surface area contributed by atoms with Crippen molar-refractivity contribution in [2.45, 2.75) is 51.5 Å². The van der Waals surface area contributed by atoms with E-state index >= 15 is 0 Å². The molecule has 1 N–H and O–H groups in total. The van der Waals surface area contributed by atoms with Crippen molar-refractivity contribution in [3.8, 4) is 0 Å². The Morgan fingerprint density at radius 3 is 2.67 bits per heavy atom. The van der Waals surface area contributed by atoms with E-state index in [1.54, 1.807) is 0 Å². The average molecular weight is 215 g/mol. The number of rotatable bonds is 5. The molecule has 88 valence electrons. The zero-order valence-electron chi connectivity index (χ0n) is 9.39. The van der Waals surface area contributed by atoms with E-state index in [0.717, 1.165) is 32.1 Å². The van der Waals surface area contributed by atoms with Crippen molar-refractivity contribution in [1.29, 1.82) is 0 Å². The summed E-state index contributed by atoms with van der Waals surface area (Å²) in [6.45, 7) is 2.16. The van der Waals surface area contributed by atoms with Crippen LogP contribution in [0.2, 0.25) is 0 Å². The molecule has 0 bridgehead atoms. The monoisotopic (exact) mass is 215 g/mol. The van der Waals surface area contributed by atoms with Crippen molar-refractivity contribution in [3.63, 3.8) is 0 Å². The topological polar surface area (TPSA) is 63.4 Å². The Hall–Kier alpha value is -0.640. The van der Waals surface area contributed by atoms with Crippen LogP contribution >= 0.6 is 0 Å². The van der Waals surface area contributed by atoms with Gasteiger partial charge >= 0.3 is 0 Å². The second kappa shape index (κ2) is 6.05. The third-order valence-electron chi connectivity index (χ3n) is 3.55. The highest BCUT2D eigenvalue weighted by Gasteiger charge is 2.38. The molecule has 1 fully saturated rings. The molecule has 4 heteroatoms. The molecule has 0 saturated heterocycles. The highest BCUT2D eigenvalue weighted by Crippen LogP contribution is 2.34. The lowest BCUT2D eigenvalue weighted by Crippen LogP contribution is -2.38. The Morgan fingerprint density at radius 1 is 1.47 bits per heavy atom. The fourth-order valence-corrected chi connectivity index (χ4v) is 2.76. The molecule has 0 spiro atoms. The van der Waals surface area contributed by atoms with E-state index in [-0.39, 0.29) is 23.4 Å². The van der Waals surface area contributed by atoms with Gasteiger partial charge in [0, 0.05) is 23.9 Å². The Labute approximate surface area is 90.8 Å². The van der Waals surface area contributed by atoms with Crippen molar-refractivity contribution in [1.82, 2.24) is 0 Å². The van der Waals surface area contributed by atoms with Crippen LogP contribution in [0, 0.1) is 22.0 Å². The third-order valence-corrected chi connectivity index (χ3v) is 3.55. The summed E-state index contributed by atoms with van der Waals surface area (Å²) in [7, 11) is 0. The largest absolute Gasteiger partial charge is 0.396 e. The molecule has 0 heterocycles. The molecule has 0 amide bonds. The van der Waals surface area contributed by atoms with Crippen molar-refractivity contribution >= 4 is 0 Å². The van der Waals surface area contributed by atoms with Crippen LogP contribution < -0.4 is 0 Å². The molecule has 1 aliphatic rings. The summed E-state index contributed by atoms with van der Waals surface area (Å²) < 4.78 is 0. The minimum atomic E-state index is -0.414. The minimum Gasteiger partial charge on any atom is -0.396 e. The first-order valence-corrected chi connectivity index (χ1v) is 5.95. The predicted molar refractivity (Wildman–Crippen MR) is 58.2 cm³/mol. The first-order valence-electron chi connectivity index (χ1n) is 5.95. The number of hydrogen-bond acceptors (Lipinski definition) is 3. The van der Waals surface area contributed by atoms with E-state index < -0.39 is 6.04 Å². The Balaban J connectivity index is 2.64. The van der Waals surface area contributed by atoms with Gasteiger partial charge in [-0.2, -0.15) is 0 Å². The van der Waals surface area contributed by atoms with Gasteiger partial charge in [-0.3, -0.25) is 10.1 Å². The van der Waals surface area contributed by atoms with Crippen LogP contribution in [0.3, 0.4) is 0 Å². The third kappa shape index (κ3) is 3.16. The second-order valence-electron chi connectivity index (χ2n) is 4.53. The average Bonchev–Trinajstić information content (AvgIpc) is 2.26. The molecule has 1 unspecified atom stereocenters. The lowest BCUT2D eigenvalue weighted by molar-refractivity contribution is -0.538. The summed E-state index contributed by atoms with van der Waals surface area (Å²) in [6.07, 6.45) is 5.55. The maximum Gasteiger partial charge on any atom is 0.216 e. The molecule has 1 saturated carbocycles. The molecule has 0 aromatic heterocycles. The number of aliphatic hydroxyl groups excluding tert-OH is 1. The summed E-state index contributed by atoms with van der Waals surface area (Å²) in [4.78, 5) is 10.8. The minimum absolute atomic E-state index is 0.0960. The number of aliphatic hydroxyl groups is 1. The number of hydrogen-bond donors (Lipinski definition) is 1. The van der Waals surface area contributed by atoms with E-state index in [2.05, 4.69) is 6.92 Å². The van der Waals surface area contributed by atoms with Gasteiger partial charge in [-0.15, -0.1) is 0 Å². The fourth-order valence-electron chi connectivity index (χ4n) is 2.76. The molecule has 15 heavy (non-hydrogen) atoms. The van der Waals surface area contributed by atoms with Gasteiger partial charge < -0.3 is 5.11 Å². The highest BCUT2D eigenvalue weighted by molar-refractivity contribution is 4.80. The van der Waals surface area contributed by atoms with Crippen LogP contribution in [0.5, 0.6) is 0 Å². The van der Waals surface area contributed by atoms with Gasteiger partial charge in [0.15, 0.2) is 0 Å². The molecular formula is C11H21NO3. The first-order chi connectivity index (χ1) is 7.20. The van der Waals surface area contributed by atoms with Crippen LogP contribution in [0.1, 0.15) is 45.4 Å². The highest BCUT2D eigenvalue weighted by atomic mass is 16.6. The summed E-state index contributed by atoms with van der Waals surface area (Å²) in [5.74, 6) is 0.226. The summed E-state index contributed by atoms with van der Waals surface area (Å²) in [5.41, 5.74) is 0. The zero-order valence-corrected chi connectivity index (χ0v) is 9.39. The zero-order chi connectivity index (χ0) is 11.3. The number of nitrogens with zero attached hydrogens (tertiary/aromatic N) is 1. The maximum absolute atomic E-state index is 10.9. The van der Waals surface area contributed by atoms with Crippen molar-refractivity contribution in [3.05, 3.63) is 10.1 Å². The Bertz CT molecular complexity index is 208. The van der Waals surface area contributed by atoms with E-state index in [0.29, 0.717) is 6.42 Å². The quantitative estimate of drug-likeness (QED) is 0.565. The van der Waals surface area contributed by atoms with E-state index in [1.807, 2.05) is 0 Å². The summed E-state index contributed by atoms with van der Waals surface area (Å²) in [5, 5.41) is 20.2. The number of nitro groups is 1. The second-order valence-corrected chi connectivity index (χ2v) is 4.53.